The van der Waals surface area contributed by atoms with Gasteiger partial charge in [-0.2, -0.15) is 13.2 Å². The van der Waals surface area contributed by atoms with Crippen LogP contribution >= 0.6 is 0 Å². The van der Waals surface area contributed by atoms with Gasteiger partial charge in [-0.3, -0.25) is 9.59 Å². The van der Waals surface area contributed by atoms with Crippen LogP contribution in [-0.4, -0.2) is 42.0 Å². The lowest BCUT2D eigenvalue weighted by Crippen LogP contribution is -2.40. The first-order valence-electron chi connectivity index (χ1n) is 6.41. The summed E-state index contributed by atoms with van der Waals surface area (Å²) >= 11 is 0. The summed E-state index contributed by atoms with van der Waals surface area (Å²) in [6.45, 7) is 2.42. The third-order valence-electron chi connectivity index (χ3n) is 3.29. The molecule has 1 heterocycles. The summed E-state index contributed by atoms with van der Waals surface area (Å²) in [6.07, 6.45) is -3.04. The van der Waals surface area contributed by atoms with E-state index in [1.807, 2.05) is 13.8 Å². The second-order valence-corrected chi connectivity index (χ2v) is 4.81. The molecule has 1 aliphatic rings. The molecule has 1 saturated heterocycles. The lowest BCUT2D eigenvalue weighted by atomic mass is 10.1. The first kappa shape index (κ1) is 15.8. The molecule has 4 nitrogen and oxygen atoms in total. The average Bonchev–Trinajstić information content (AvgIpc) is 2.65. The molecule has 1 atom stereocenters. The van der Waals surface area contributed by atoms with E-state index in [0.717, 1.165) is 12.8 Å². The van der Waals surface area contributed by atoms with Crippen molar-refractivity contribution in [1.82, 2.24) is 10.2 Å². The van der Waals surface area contributed by atoms with E-state index < -0.39 is 24.5 Å². The summed E-state index contributed by atoms with van der Waals surface area (Å²) in [7, 11) is 0. The molecule has 0 aliphatic carbocycles. The predicted octanol–water partition coefficient (Wildman–Crippen LogP) is 1.70. The monoisotopic (exact) mass is 280 g/mol. The summed E-state index contributed by atoms with van der Waals surface area (Å²) in [5.74, 6) is -1.61. The van der Waals surface area contributed by atoms with Crippen molar-refractivity contribution in [1.29, 1.82) is 0 Å². The molecule has 1 N–H and O–H groups in total. The number of rotatable bonds is 5. The van der Waals surface area contributed by atoms with Crippen LogP contribution in [-0.2, 0) is 9.59 Å². The molecule has 0 radical (unpaired) electrons. The van der Waals surface area contributed by atoms with E-state index in [4.69, 9.17) is 0 Å². The topological polar surface area (TPSA) is 49.4 Å². The zero-order valence-electron chi connectivity index (χ0n) is 11.1. The van der Waals surface area contributed by atoms with Gasteiger partial charge in [-0.1, -0.05) is 13.8 Å². The number of halogens is 3. The van der Waals surface area contributed by atoms with Gasteiger partial charge in [-0.05, 0) is 12.8 Å². The van der Waals surface area contributed by atoms with Crippen LogP contribution in [0.1, 0.15) is 33.1 Å². The number of nitrogens with one attached hydrogen (secondary N) is 1. The fourth-order valence-electron chi connectivity index (χ4n) is 2.13. The molecule has 7 heteroatoms. The number of likely N-dealkylation sites (tertiary alicyclic amines) is 1. The minimum absolute atomic E-state index is 0.0132. The molecule has 1 fully saturated rings. The molecule has 0 aromatic rings. The predicted molar refractivity (Wildman–Crippen MR) is 63.3 cm³/mol. The Bertz CT molecular complexity index is 340. The molecule has 2 amide bonds. The molecule has 1 unspecified atom stereocenters. The van der Waals surface area contributed by atoms with E-state index in [9.17, 15) is 22.8 Å². The fraction of sp³-hybridized carbons (Fsp3) is 0.833. The molecule has 0 aromatic carbocycles. The molecule has 0 aromatic heterocycles. The highest BCUT2D eigenvalue weighted by Gasteiger charge is 2.40. The SMILES string of the molecule is CCC(CC)NC(=O)C1CC(=O)N(CC(F)(F)F)C1. The van der Waals surface area contributed by atoms with Crippen molar-refractivity contribution in [3.05, 3.63) is 0 Å². The highest BCUT2D eigenvalue weighted by Crippen LogP contribution is 2.24. The largest absolute Gasteiger partial charge is 0.406 e. The fourth-order valence-corrected chi connectivity index (χ4v) is 2.13. The molecule has 0 saturated carbocycles. The number of carbonyl (C=O) groups is 2. The summed E-state index contributed by atoms with van der Waals surface area (Å²) in [6, 6.07) is 0.0132. The normalized spacial score (nSPS) is 20.2. The van der Waals surface area contributed by atoms with Gasteiger partial charge in [0.15, 0.2) is 0 Å². The van der Waals surface area contributed by atoms with Gasteiger partial charge in [0, 0.05) is 19.0 Å². The van der Waals surface area contributed by atoms with Crippen LogP contribution in [0.3, 0.4) is 0 Å². The smallest absolute Gasteiger partial charge is 0.353 e. The van der Waals surface area contributed by atoms with E-state index in [-0.39, 0.29) is 24.9 Å². The van der Waals surface area contributed by atoms with E-state index >= 15 is 0 Å². The van der Waals surface area contributed by atoms with E-state index in [0.29, 0.717) is 4.90 Å². The molecular weight excluding hydrogens is 261 g/mol. The van der Waals surface area contributed by atoms with Crippen molar-refractivity contribution in [2.75, 3.05) is 13.1 Å². The van der Waals surface area contributed by atoms with E-state index in [1.54, 1.807) is 0 Å². The van der Waals surface area contributed by atoms with Crippen molar-refractivity contribution >= 4 is 11.8 Å². The van der Waals surface area contributed by atoms with Crippen LogP contribution in [0.5, 0.6) is 0 Å². The Morgan fingerprint density at radius 3 is 2.47 bits per heavy atom. The third kappa shape index (κ3) is 4.72. The number of amides is 2. The Balaban J connectivity index is 2.54. The van der Waals surface area contributed by atoms with Crippen molar-refractivity contribution in [2.24, 2.45) is 5.92 Å². The maximum absolute atomic E-state index is 12.2. The van der Waals surface area contributed by atoms with Crippen LogP contribution in [0.15, 0.2) is 0 Å². The Labute approximate surface area is 110 Å². The highest BCUT2D eigenvalue weighted by atomic mass is 19.4. The van der Waals surface area contributed by atoms with Gasteiger partial charge in [0.05, 0.1) is 5.92 Å². The van der Waals surface area contributed by atoms with Gasteiger partial charge in [0.1, 0.15) is 6.54 Å². The van der Waals surface area contributed by atoms with Crippen LogP contribution in [0, 0.1) is 5.92 Å². The average molecular weight is 280 g/mol. The van der Waals surface area contributed by atoms with E-state index in [2.05, 4.69) is 5.32 Å². The maximum atomic E-state index is 12.2. The maximum Gasteiger partial charge on any atom is 0.406 e. The summed E-state index contributed by atoms with van der Waals surface area (Å²) in [4.78, 5) is 24.0. The number of carbonyl (C=O) groups excluding carboxylic acids is 2. The number of hydrogen-bond acceptors (Lipinski definition) is 2. The number of hydrogen-bond donors (Lipinski definition) is 1. The molecule has 110 valence electrons. The molecular formula is C12H19F3N2O2. The van der Waals surface area contributed by atoms with Crippen LogP contribution in [0.2, 0.25) is 0 Å². The van der Waals surface area contributed by atoms with Crippen molar-refractivity contribution < 1.29 is 22.8 Å². The lowest BCUT2D eigenvalue weighted by molar-refractivity contribution is -0.157. The molecule has 1 aliphatic heterocycles. The second-order valence-electron chi connectivity index (χ2n) is 4.81. The minimum Gasteiger partial charge on any atom is -0.353 e. The van der Waals surface area contributed by atoms with Crippen molar-refractivity contribution in [3.8, 4) is 0 Å². The van der Waals surface area contributed by atoms with Crippen molar-refractivity contribution in [3.63, 3.8) is 0 Å². The van der Waals surface area contributed by atoms with Gasteiger partial charge in [-0.25, -0.2) is 0 Å². The van der Waals surface area contributed by atoms with Crippen LogP contribution in [0.4, 0.5) is 13.2 Å². The Morgan fingerprint density at radius 1 is 1.42 bits per heavy atom. The van der Waals surface area contributed by atoms with Crippen LogP contribution in [0.25, 0.3) is 0 Å². The van der Waals surface area contributed by atoms with Gasteiger partial charge < -0.3 is 10.2 Å². The first-order chi connectivity index (χ1) is 8.76. The third-order valence-corrected chi connectivity index (χ3v) is 3.29. The summed E-state index contributed by atoms with van der Waals surface area (Å²) in [5, 5.41) is 2.76. The zero-order valence-corrected chi connectivity index (χ0v) is 11.1. The molecule has 0 bridgehead atoms. The Kier molecular flexibility index (Phi) is 5.20. The first-order valence-corrected chi connectivity index (χ1v) is 6.41. The Morgan fingerprint density at radius 2 is 2.00 bits per heavy atom. The summed E-state index contributed by atoms with van der Waals surface area (Å²) < 4.78 is 36.7. The second kappa shape index (κ2) is 6.25. The minimum atomic E-state index is -4.42. The quantitative estimate of drug-likeness (QED) is 0.833. The van der Waals surface area contributed by atoms with Gasteiger partial charge in [0.25, 0.3) is 0 Å². The lowest BCUT2D eigenvalue weighted by Gasteiger charge is -2.19. The van der Waals surface area contributed by atoms with Gasteiger partial charge >= 0.3 is 6.18 Å². The number of nitrogens with zero attached hydrogens (tertiary/aromatic N) is 1. The molecule has 0 spiro atoms. The highest BCUT2D eigenvalue weighted by molar-refractivity contribution is 5.89. The van der Waals surface area contributed by atoms with E-state index in [1.165, 1.54) is 0 Å². The Hall–Kier alpha value is -1.27. The molecule has 1 rings (SSSR count). The number of alkyl halides is 3. The standard InChI is InChI=1S/C12H19F3N2O2/c1-3-9(4-2)16-11(19)8-5-10(18)17(6-8)7-12(13,14)15/h8-9H,3-7H2,1-2H3,(H,16,19). The summed E-state index contributed by atoms with van der Waals surface area (Å²) in [5.41, 5.74) is 0. The molecule has 19 heavy (non-hydrogen) atoms. The van der Waals surface area contributed by atoms with Gasteiger partial charge in [0.2, 0.25) is 11.8 Å². The van der Waals surface area contributed by atoms with Gasteiger partial charge in [-0.15, -0.1) is 0 Å². The van der Waals surface area contributed by atoms with Crippen molar-refractivity contribution in [2.45, 2.75) is 45.3 Å². The zero-order chi connectivity index (χ0) is 14.6. The van der Waals surface area contributed by atoms with Crippen LogP contribution < -0.4 is 5.32 Å².